The maximum atomic E-state index is 13.5. The standard InChI is InChI=1S/C25H29N3O2/c1-4-17-10-11-24(14-17)15-25(22(29)28(3)23(26)27-25)20-13-19(8-9-21(20)30-24)18-7-5-6-16(2)12-18/h5-9,12-13,17H,4,10-11,14-15H2,1-3H3,(H2,26,27). The minimum atomic E-state index is -0.991. The number of rotatable bonds is 2. The van der Waals surface area contributed by atoms with Crippen molar-refractivity contribution in [2.45, 2.75) is 57.1 Å². The van der Waals surface area contributed by atoms with Gasteiger partial charge < -0.3 is 10.5 Å². The molecule has 1 fully saturated rings. The number of benzene rings is 2. The third-order valence-electron chi connectivity index (χ3n) is 7.23. The predicted octanol–water partition coefficient (Wildman–Crippen LogP) is 4.38. The monoisotopic (exact) mass is 403 g/mol. The number of nitrogens with two attached hydrogens (primary N) is 1. The van der Waals surface area contributed by atoms with Gasteiger partial charge in [-0.3, -0.25) is 9.69 Å². The van der Waals surface area contributed by atoms with Crippen LogP contribution < -0.4 is 10.5 Å². The molecule has 5 heteroatoms. The minimum Gasteiger partial charge on any atom is -0.487 e. The summed E-state index contributed by atoms with van der Waals surface area (Å²) in [5, 5.41) is 0. The van der Waals surface area contributed by atoms with Crippen LogP contribution in [0.25, 0.3) is 11.1 Å². The summed E-state index contributed by atoms with van der Waals surface area (Å²) in [4.78, 5) is 19.8. The summed E-state index contributed by atoms with van der Waals surface area (Å²) in [7, 11) is 1.71. The van der Waals surface area contributed by atoms with Crippen molar-refractivity contribution in [1.29, 1.82) is 0 Å². The van der Waals surface area contributed by atoms with Crippen LogP contribution in [0.3, 0.4) is 0 Å². The van der Waals surface area contributed by atoms with E-state index in [1.807, 2.05) is 6.07 Å². The Morgan fingerprint density at radius 3 is 2.70 bits per heavy atom. The molecule has 1 saturated carbocycles. The van der Waals surface area contributed by atoms with Gasteiger partial charge in [0.2, 0.25) is 0 Å². The maximum Gasteiger partial charge on any atom is 0.261 e. The molecule has 0 aromatic heterocycles. The molecular formula is C25H29N3O2. The zero-order valence-electron chi connectivity index (χ0n) is 17.9. The van der Waals surface area contributed by atoms with E-state index in [-0.39, 0.29) is 17.5 Å². The fourth-order valence-electron chi connectivity index (χ4n) is 5.57. The first-order chi connectivity index (χ1) is 14.4. The zero-order valence-corrected chi connectivity index (χ0v) is 17.9. The number of fused-ring (bicyclic) bond motifs is 2. The number of carbonyl (C=O) groups excluding carboxylic acids is 1. The molecule has 2 N–H and O–H groups in total. The van der Waals surface area contributed by atoms with Crippen LogP contribution in [0.15, 0.2) is 47.5 Å². The molecule has 5 nitrogen and oxygen atoms in total. The Morgan fingerprint density at radius 1 is 1.23 bits per heavy atom. The molecule has 2 heterocycles. The third kappa shape index (κ3) is 2.75. The van der Waals surface area contributed by atoms with Crippen LogP contribution in [0.1, 0.15) is 50.2 Å². The van der Waals surface area contributed by atoms with Gasteiger partial charge in [-0.05, 0) is 55.4 Å². The van der Waals surface area contributed by atoms with Crippen molar-refractivity contribution in [2.75, 3.05) is 7.05 Å². The number of aryl methyl sites for hydroxylation is 1. The lowest BCUT2D eigenvalue weighted by Crippen LogP contribution is -2.50. The summed E-state index contributed by atoms with van der Waals surface area (Å²) in [6.07, 6.45) is 4.75. The normalized spacial score (nSPS) is 30.0. The van der Waals surface area contributed by atoms with Gasteiger partial charge in [0.1, 0.15) is 11.4 Å². The highest BCUT2D eigenvalue weighted by Gasteiger charge is 2.59. The van der Waals surface area contributed by atoms with Crippen molar-refractivity contribution in [3.05, 3.63) is 53.6 Å². The first-order valence-corrected chi connectivity index (χ1v) is 10.9. The third-order valence-corrected chi connectivity index (χ3v) is 7.23. The number of ether oxygens (including phenoxy) is 1. The lowest BCUT2D eigenvalue weighted by atomic mass is 9.74. The molecule has 0 radical (unpaired) electrons. The van der Waals surface area contributed by atoms with Crippen molar-refractivity contribution in [3.8, 4) is 16.9 Å². The van der Waals surface area contributed by atoms with Crippen LogP contribution in [0.2, 0.25) is 0 Å². The lowest BCUT2D eigenvalue weighted by Gasteiger charge is -2.43. The first-order valence-electron chi connectivity index (χ1n) is 10.9. The number of guanidine groups is 1. The quantitative estimate of drug-likeness (QED) is 0.809. The average molecular weight is 404 g/mol. The van der Waals surface area contributed by atoms with Crippen LogP contribution in [0.4, 0.5) is 0 Å². The summed E-state index contributed by atoms with van der Waals surface area (Å²) >= 11 is 0. The van der Waals surface area contributed by atoms with E-state index in [9.17, 15) is 4.79 Å². The number of hydrogen-bond donors (Lipinski definition) is 1. The van der Waals surface area contributed by atoms with E-state index >= 15 is 0 Å². The number of hydrogen-bond acceptors (Lipinski definition) is 4. The van der Waals surface area contributed by atoms with Gasteiger partial charge in [-0.15, -0.1) is 0 Å². The van der Waals surface area contributed by atoms with E-state index in [0.717, 1.165) is 48.1 Å². The van der Waals surface area contributed by atoms with Gasteiger partial charge >= 0.3 is 0 Å². The Kier molecular flexibility index (Phi) is 4.21. The number of amides is 1. The van der Waals surface area contributed by atoms with E-state index in [0.29, 0.717) is 12.3 Å². The molecule has 3 unspecified atom stereocenters. The Labute approximate surface area is 177 Å². The van der Waals surface area contributed by atoms with Crippen molar-refractivity contribution >= 4 is 11.9 Å². The van der Waals surface area contributed by atoms with E-state index in [2.05, 4.69) is 50.2 Å². The number of carbonyl (C=O) groups is 1. The molecule has 3 aliphatic rings. The number of aliphatic imine (C=N–C) groups is 1. The molecule has 2 aromatic rings. The van der Waals surface area contributed by atoms with Crippen LogP contribution in [0.5, 0.6) is 5.75 Å². The molecule has 2 spiro atoms. The van der Waals surface area contributed by atoms with Gasteiger partial charge in [0.25, 0.3) is 5.91 Å². The van der Waals surface area contributed by atoms with E-state index in [1.54, 1.807) is 7.05 Å². The molecule has 5 rings (SSSR count). The first kappa shape index (κ1) is 19.2. The van der Waals surface area contributed by atoms with Crippen molar-refractivity contribution in [2.24, 2.45) is 16.6 Å². The number of nitrogens with zero attached hydrogens (tertiary/aromatic N) is 2. The molecule has 0 bridgehead atoms. The van der Waals surface area contributed by atoms with E-state index in [4.69, 9.17) is 15.5 Å². The fraction of sp³-hybridized carbons (Fsp3) is 0.440. The Balaban J connectivity index is 1.67. The zero-order chi connectivity index (χ0) is 21.1. The number of likely N-dealkylation sites (N-methyl/N-ethyl adjacent to an activating group) is 1. The van der Waals surface area contributed by atoms with Gasteiger partial charge in [-0.25, -0.2) is 4.99 Å². The van der Waals surface area contributed by atoms with Crippen LogP contribution in [-0.4, -0.2) is 29.4 Å². The topological polar surface area (TPSA) is 67.9 Å². The van der Waals surface area contributed by atoms with Crippen LogP contribution in [-0.2, 0) is 10.3 Å². The highest BCUT2D eigenvalue weighted by atomic mass is 16.5. The summed E-state index contributed by atoms with van der Waals surface area (Å²) in [6.45, 7) is 4.32. The summed E-state index contributed by atoms with van der Waals surface area (Å²) in [5.74, 6) is 1.64. The van der Waals surface area contributed by atoms with Crippen molar-refractivity contribution < 1.29 is 9.53 Å². The predicted molar refractivity (Wildman–Crippen MR) is 118 cm³/mol. The summed E-state index contributed by atoms with van der Waals surface area (Å²) in [6, 6.07) is 14.6. The lowest BCUT2D eigenvalue weighted by molar-refractivity contribution is -0.134. The Bertz CT molecular complexity index is 1060. The largest absolute Gasteiger partial charge is 0.487 e. The fourth-order valence-corrected chi connectivity index (χ4v) is 5.57. The second-order valence-electron chi connectivity index (χ2n) is 9.25. The van der Waals surface area contributed by atoms with Gasteiger partial charge in [0.05, 0.1) is 0 Å². The molecule has 2 aromatic carbocycles. The molecule has 1 amide bonds. The van der Waals surface area contributed by atoms with Crippen molar-refractivity contribution in [3.63, 3.8) is 0 Å². The molecule has 30 heavy (non-hydrogen) atoms. The summed E-state index contributed by atoms with van der Waals surface area (Å²) < 4.78 is 6.65. The van der Waals surface area contributed by atoms with Crippen molar-refractivity contribution in [1.82, 2.24) is 4.90 Å². The highest BCUT2D eigenvalue weighted by Crippen LogP contribution is 2.55. The SMILES string of the molecule is CCC1CCC2(C1)CC1(N=C(N)N(C)C1=O)c1cc(-c3cccc(C)c3)ccc1O2. The molecule has 156 valence electrons. The second kappa shape index (κ2) is 6.59. The van der Waals surface area contributed by atoms with Gasteiger partial charge in [0, 0.05) is 19.0 Å². The Hall–Kier alpha value is -2.82. The Morgan fingerprint density at radius 2 is 2.03 bits per heavy atom. The molecule has 0 saturated heterocycles. The van der Waals surface area contributed by atoms with Gasteiger partial charge in [-0.1, -0.05) is 49.2 Å². The maximum absolute atomic E-state index is 13.5. The molecular weight excluding hydrogens is 374 g/mol. The van der Waals surface area contributed by atoms with E-state index in [1.165, 1.54) is 10.5 Å². The van der Waals surface area contributed by atoms with Crippen LogP contribution in [0, 0.1) is 12.8 Å². The second-order valence-corrected chi connectivity index (χ2v) is 9.25. The van der Waals surface area contributed by atoms with E-state index < -0.39 is 5.54 Å². The van der Waals surface area contributed by atoms with Gasteiger partial charge in [0.15, 0.2) is 11.5 Å². The van der Waals surface area contributed by atoms with Gasteiger partial charge in [-0.2, -0.15) is 0 Å². The smallest absolute Gasteiger partial charge is 0.261 e. The molecule has 1 aliphatic carbocycles. The minimum absolute atomic E-state index is 0.0507. The van der Waals surface area contributed by atoms with Crippen LogP contribution >= 0.6 is 0 Å². The highest BCUT2D eigenvalue weighted by molar-refractivity contribution is 6.07. The molecule has 2 aliphatic heterocycles. The summed E-state index contributed by atoms with van der Waals surface area (Å²) in [5.41, 5.74) is 9.04. The molecule has 3 atom stereocenters. The average Bonchev–Trinajstić information content (AvgIpc) is 3.22.